The normalized spacial score (nSPS) is 19.1. The summed E-state index contributed by atoms with van der Waals surface area (Å²) in [5.41, 5.74) is 2.06. The van der Waals surface area contributed by atoms with Gasteiger partial charge in [0, 0.05) is 16.7 Å². The lowest BCUT2D eigenvalue weighted by Gasteiger charge is -2.03. The maximum absolute atomic E-state index is 11.4. The van der Waals surface area contributed by atoms with Gasteiger partial charge in [-0.05, 0) is 39.3 Å². The summed E-state index contributed by atoms with van der Waals surface area (Å²) < 4.78 is 0. The summed E-state index contributed by atoms with van der Waals surface area (Å²) in [6.45, 7) is 6.10. The van der Waals surface area contributed by atoms with Gasteiger partial charge in [-0.1, -0.05) is 0 Å². The minimum atomic E-state index is -0.136. The molecule has 80 valence electrons. The van der Waals surface area contributed by atoms with Gasteiger partial charge in [0.05, 0.1) is 5.76 Å². The molecule has 0 amide bonds. The van der Waals surface area contributed by atoms with E-state index in [2.05, 4.69) is 0 Å². The number of allylic oxidation sites excluding steroid dienone is 6. The zero-order valence-corrected chi connectivity index (χ0v) is 9.34. The van der Waals surface area contributed by atoms with Gasteiger partial charge in [0.1, 0.15) is 0 Å². The van der Waals surface area contributed by atoms with Crippen LogP contribution < -0.4 is 0 Å². The van der Waals surface area contributed by atoms with Crippen molar-refractivity contribution in [2.45, 2.75) is 27.7 Å². The Hall–Kier alpha value is -1.64. The molecule has 0 radical (unpaired) electrons. The van der Waals surface area contributed by atoms with Crippen LogP contribution in [0.4, 0.5) is 0 Å². The first kappa shape index (κ1) is 11.4. The molecule has 1 aliphatic carbocycles. The Labute approximate surface area is 88.8 Å². The van der Waals surface area contributed by atoms with Gasteiger partial charge in [-0.25, -0.2) is 0 Å². The van der Waals surface area contributed by atoms with Crippen LogP contribution in [0.25, 0.3) is 0 Å². The van der Waals surface area contributed by atoms with Crippen molar-refractivity contribution in [1.29, 1.82) is 0 Å². The van der Waals surface area contributed by atoms with Crippen LogP contribution in [-0.2, 0) is 9.59 Å². The van der Waals surface area contributed by atoms with Crippen LogP contribution >= 0.6 is 0 Å². The second kappa shape index (κ2) is 3.85. The molecular formula is C12H14O3. The highest BCUT2D eigenvalue weighted by Crippen LogP contribution is 2.32. The fourth-order valence-corrected chi connectivity index (χ4v) is 1.77. The predicted molar refractivity (Wildman–Crippen MR) is 57.5 cm³/mol. The standard InChI is InChI=1S/C12H14O3/c1-6-10(7(2)13)5-11(8(3)14)12(6)9(4)15/h5,14H,1-4H3/b11-8+. The monoisotopic (exact) mass is 206 g/mol. The third-order valence-corrected chi connectivity index (χ3v) is 2.46. The number of rotatable bonds is 2. The van der Waals surface area contributed by atoms with Crippen LogP contribution in [0.15, 0.2) is 34.1 Å². The molecule has 3 nitrogen and oxygen atoms in total. The zero-order valence-electron chi connectivity index (χ0n) is 9.34. The molecule has 0 bridgehead atoms. The van der Waals surface area contributed by atoms with Crippen molar-refractivity contribution < 1.29 is 14.7 Å². The molecule has 0 spiro atoms. The summed E-state index contributed by atoms with van der Waals surface area (Å²) in [5.74, 6) is -0.165. The average Bonchev–Trinajstić information content (AvgIpc) is 2.42. The summed E-state index contributed by atoms with van der Waals surface area (Å²) >= 11 is 0. The SMILES string of the molecule is CC(=O)C1=C/C(=C(/C)O)C(C(C)=O)=C1C. The second-order valence-electron chi connectivity index (χ2n) is 3.67. The van der Waals surface area contributed by atoms with E-state index in [-0.39, 0.29) is 17.3 Å². The summed E-state index contributed by atoms with van der Waals surface area (Å²) in [6, 6.07) is 0. The third kappa shape index (κ3) is 1.91. The first-order valence-corrected chi connectivity index (χ1v) is 4.71. The molecular weight excluding hydrogens is 192 g/mol. The van der Waals surface area contributed by atoms with E-state index >= 15 is 0 Å². The summed E-state index contributed by atoms with van der Waals surface area (Å²) in [6.07, 6.45) is 1.57. The zero-order chi connectivity index (χ0) is 11.7. The molecule has 1 aliphatic rings. The molecule has 0 aromatic heterocycles. The number of hydrogen-bond donors (Lipinski definition) is 1. The molecule has 0 saturated heterocycles. The van der Waals surface area contributed by atoms with E-state index in [1.165, 1.54) is 20.8 Å². The Balaban J connectivity index is 3.44. The van der Waals surface area contributed by atoms with E-state index < -0.39 is 0 Å². The summed E-state index contributed by atoms with van der Waals surface area (Å²) in [7, 11) is 0. The van der Waals surface area contributed by atoms with Crippen molar-refractivity contribution in [3.63, 3.8) is 0 Å². The number of ketones is 2. The average molecular weight is 206 g/mol. The molecule has 0 aliphatic heterocycles. The van der Waals surface area contributed by atoms with Crippen molar-refractivity contribution >= 4 is 11.6 Å². The minimum absolute atomic E-state index is 0.0656. The van der Waals surface area contributed by atoms with E-state index in [4.69, 9.17) is 0 Å². The molecule has 0 aromatic rings. The second-order valence-corrected chi connectivity index (χ2v) is 3.67. The van der Waals surface area contributed by atoms with Crippen molar-refractivity contribution in [1.82, 2.24) is 0 Å². The lowest BCUT2D eigenvalue weighted by molar-refractivity contribution is -0.113. The highest BCUT2D eigenvalue weighted by Gasteiger charge is 2.25. The van der Waals surface area contributed by atoms with Crippen molar-refractivity contribution in [3.8, 4) is 0 Å². The van der Waals surface area contributed by atoms with Gasteiger partial charge in [0.2, 0.25) is 0 Å². The molecule has 1 rings (SSSR count). The van der Waals surface area contributed by atoms with E-state index in [9.17, 15) is 14.7 Å². The number of carbonyl (C=O) groups excluding carboxylic acids is 2. The van der Waals surface area contributed by atoms with Gasteiger partial charge in [-0.3, -0.25) is 9.59 Å². The van der Waals surface area contributed by atoms with E-state index in [1.54, 1.807) is 13.0 Å². The Morgan fingerprint density at radius 2 is 1.67 bits per heavy atom. The van der Waals surface area contributed by atoms with Crippen LogP contribution in [0.1, 0.15) is 27.7 Å². The molecule has 0 unspecified atom stereocenters. The number of aliphatic hydroxyl groups excluding tert-OH is 1. The predicted octanol–water partition coefficient (Wildman–Crippen LogP) is 2.25. The van der Waals surface area contributed by atoms with Crippen LogP contribution in [0.2, 0.25) is 0 Å². The highest BCUT2D eigenvalue weighted by atomic mass is 16.3. The summed E-state index contributed by atoms with van der Waals surface area (Å²) in [5, 5.41) is 9.43. The molecule has 0 atom stereocenters. The maximum atomic E-state index is 11.4. The fourth-order valence-electron chi connectivity index (χ4n) is 1.77. The van der Waals surface area contributed by atoms with Crippen LogP contribution in [0.5, 0.6) is 0 Å². The van der Waals surface area contributed by atoms with Gasteiger partial charge in [0.25, 0.3) is 0 Å². The first-order valence-electron chi connectivity index (χ1n) is 4.71. The maximum Gasteiger partial charge on any atom is 0.160 e. The van der Waals surface area contributed by atoms with Gasteiger partial charge >= 0.3 is 0 Å². The highest BCUT2D eigenvalue weighted by molar-refractivity contribution is 6.08. The Bertz CT molecular complexity index is 430. The van der Waals surface area contributed by atoms with Gasteiger partial charge in [-0.15, -0.1) is 0 Å². The van der Waals surface area contributed by atoms with E-state index in [0.717, 1.165) is 0 Å². The summed E-state index contributed by atoms with van der Waals surface area (Å²) in [4.78, 5) is 22.7. The van der Waals surface area contributed by atoms with E-state index in [1.807, 2.05) is 0 Å². The fraction of sp³-hybridized carbons (Fsp3) is 0.333. The smallest absolute Gasteiger partial charge is 0.160 e. The molecule has 0 fully saturated rings. The van der Waals surface area contributed by atoms with Crippen molar-refractivity contribution in [3.05, 3.63) is 34.1 Å². The van der Waals surface area contributed by atoms with Crippen molar-refractivity contribution in [2.24, 2.45) is 0 Å². The molecule has 15 heavy (non-hydrogen) atoms. The molecule has 0 aromatic carbocycles. The number of Topliss-reactive ketones (excluding diaryl/α,β-unsaturated/α-hetero) is 2. The number of hydrogen-bond acceptors (Lipinski definition) is 3. The van der Waals surface area contributed by atoms with Crippen LogP contribution in [0.3, 0.4) is 0 Å². The first-order chi connectivity index (χ1) is 6.86. The Morgan fingerprint density at radius 1 is 1.13 bits per heavy atom. The topological polar surface area (TPSA) is 54.4 Å². The molecule has 0 saturated carbocycles. The van der Waals surface area contributed by atoms with E-state index in [0.29, 0.717) is 22.3 Å². The third-order valence-electron chi connectivity index (χ3n) is 2.46. The quantitative estimate of drug-likeness (QED) is 0.705. The molecule has 1 N–H and O–H groups in total. The largest absolute Gasteiger partial charge is 0.512 e. The van der Waals surface area contributed by atoms with Gasteiger partial charge in [-0.2, -0.15) is 0 Å². The number of carbonyl (C=O) groups is 2. The molecule has 0 heterocycles. The van der Waals surface area contributed by atoms with Crippen LogP contribution in [0, 0.1) is 0 Å². The lowest BCUT2D eigenvalue weighted by Crippen LogP contribution is -2.01. The lowest BCUT2D eigenvalue weighted by atomic mass is 10.0. The number of aliphatic hydroxyl groups is 1. The van der Waals surface area contributed by atoms with Crippen molar-refractivity contribution in [2.75, 3.05) is 0 Å². The molecule has 3 heteroatoms. The van der Waals surface area contributed by atoms with Crippen LogP contribution in [-0.4, -0.2) is 16.7 Å². The van der Waals surface area contributed by atoms with Gasteiger partial charge in [0.15, 0.2) is 11.6 Å². The Morgan fingerprint density at radius 3 is 1.93 bits per heavy atom. The minimum Gasteiger partial charge on any atom is -0.512 e. The van der Waals surface area contributed by atoms with Gasteiger partial charge < -0.3 is 5.11 Å². The Kier molecular flexibility index (Phi) is 2.93.